The summed E-state index contributed by atoms with van der Waals surface area (Å²) in [4.78, 5) is 0. The summed E-state index contributed by atoms with van der Waals surface area (Å²) < 4.78 is 12.3. The van der Waals surface area contributed by atoms with Crippen molar-refractivity contribution in [3.05, 3.63) is 71.8 Å². The maximum Gasteiger partial charge on any atom is 0.511 e. The van der Waals surface area contributed by atoms with Crippen molar-refractivity contribution in [3.63, 3.8) is 0 Å². The third-order valence-electron chi connectivity index (χ3n) is 3.09. The monoisotopic (exact) mass is 348 g/mol. The molecule has 0 radical (unpaired) electrons. The molecule has 2 rings (SSSR count). The molecule has 0 N–H and O–H groups in total. The zero-order chi connectivity index (χ0) is 18.1. The minimum Gasteiger partial charge on any atom is -0.374 e. The minimum atomic E-state index is -3.01. The second kappa shape index (κ2) is 9.25. The van der Waals surface area contributed by atoms with Crippen LogP contribution < -0.4 is 0 Å². The van der Waals surface area contributed by atoms with Gasteiger partial charge < -0.3 is 8.85 Å². The number of hydrogen-bond donors (Lipinski definition) is 0. The molecule has 2 aromatic rings. The van der Waals surface area contributed by atoms with E-state index in [-0.39, 0.29) is 12.2 Å². The SMILES string of the molecule is CC(C)O[Si](C#Cc1ccccc1)(C#Cc1ccccc1)OC(C)C. The summed E-state index contributed by atoms with van der Waals surface area (Å²) >= 11 is 0. The van der Waals surface area contributed by atoms with Crippen molar-refractivity contribution in [2.75, 3.05) is 0 Å². The highest BCUT2D eigenvalue weighted by Crippen LogP contribution is 2.13. The molecule has 25 heavy (non-hydrogen) atoms. The highest BCUT2D eigenvalue weighted by atomic mass is 28.4. The lowest BCUT2D eigenvalue weighted by molar-refractivity contribution is 0.127. The van der Waals surface area contributed by atoms with E-state index in [1.807, 2.05) is 88.4 Å². The first-order valence-electron chi connectivity index (χ1n) is 8.51. The first kappa shape index (κ1) is 19.0. The van der Waals surface area contributed by atoms with E-state index in [1.165, 1.54) is 0 Å². The van der Waals surface area contributed by atoms with Crippen LogP contribution in [0.5, 0.6) is 0 Å². The van der Waals surface area contributed by atoms with Gasteiger partial charge in [0.1, 0.15) is 0 Å². The molecule has 0 unspecified atom stereocenters. The lowest BCUT2D eigenvalue weighted by Gasteiger charge is -2.24. The standard InChI is InChI=1S/C22H24O2Si/c1-19(2)23-25(24-20(3)4,17-15-21-11-7-5-8-12-21)18-16-22-13-9-6-10-14-22/h5-14,19-20H,1-4H3. The Labute approximate surface area is 152 Å². The summed E-state index contributed by atoms with van der Waals surface area (Å²) in [5.74, 6) is 6.38. The molecular weight excluding hydrogens is 324 g/mol. The van der Waals surface area contributed by atoms with E-state index >= 15 is 0 Å². The fourth-order valence-corrected chi connectivity index (χ4v) is 4.49. The van der Waals surface area contributed by atoms with E-state index in [2.05, 4.69) is 22.9 Å². The quantitative estimate of drug-likeness (QED) is 0.600. The highest BCUT2D eigenvalue weighted by Gasteiger charge is 2.38. The Hall–Kier alpha value is -2.30. The van der Waals surface area contributed by atoms with Gasteiger partial charge in [0, 0.05) is 23.3 Å². The summed E-state index contributed by atoms with van der Waals surface area (Å²) in [7, 11) is -3.01. The Balaban J connectivity index is 2.44. The molecule has 0 aliphatic rings. The normalized spacial score (nSPS) is 10.8. The predicted molar refractivity (Wildman–Crippen MR) is 105 cm³/mol. The maximum absolute atomic E-state index is 6.16. The lowest BCUT2D eigenvalue weighted by atomic mass is 10.2. The van der Waals surface area contributed by atoms with Gasteiger partial charge in [0.2, 0.25) is 0 Å². The highest BCUT2D eigenvalue weighted by molar-refractivity contribution is 6.83. The van der Waals surface area contributed by atoms with Crippen LogP contribution in [0.3, 0.4) is 0 Å². The van der Waals surface area contributed by atoms with Crippen LogP contribution >= 0.6 is 0 Å². The molecule has 0 aliphatic carbocycles. The van der Waals surface area contributed by atoms with Gasteiger partial charge in [0.15, 0.2) is 0 Å². The first-order valence-corrected chi connectivity index (χ1v) is 10.3. The van der Waals surface area contributed by atoms with Gasteiger partial charge in [0.05, 0.1) is 0 Å². The van der Waals surface area contributed by atoms with Gasteiger partial charge in [-0.05, 0) is 52.0 Å². The Bertz CT molecular complexity index is 705. The van der Waals surface area contributed by atoms with E-state index in [4.69, 9.17) is 8.85 Å². The van der Waals surface area contributed by atoms with Gasteiger partial charge >= 0.3 is 8.56 Å². The predicted octanol–water partition coefficient (Wildman–Crippen LogP) is 4.46. The lowest BCUT2D eigenvalue weighted by Crippen LogP contribution is -2.44. The summed E-state index contributed by atoms with van der Waals surface area (Å²) in [6, 6.07) is 19.7. The second-order valence-electron chi connectivity index (χ2n) is 6.18. The summed E-state index contributed by atoms with van der Waals surface area (Å²) in [6.45, 7) is 7.94. The zero-order valence-corrected chi connectivity index (χ0v) is 16.2. The van der Waals surface area contributed by atoms with Crippen LogP contribution in [0.25, 0.3) is 0 Å². The van der Waals surface area contributed by atoms with Gasteiger partial charge in [0.25, 0.3) is 0 Å². The molecule has 0 bridgehead atoms. The van der Waals surface area contributed by atoms with Crippen LogP contribution in [0.2, 0.25) is 0 Å². The molecule has 2 nitrogen and oxygen atoms in total. The molecule has 0 aliphatic heterocycles. The number of hydrogen-bond acceptors (Lipinski definition) is 2. The van der Waals surface area contributed by atoms with Gasteiger partial charge in [-0.3, -0.25) is 0 Å². The van der Waals surface area contributed by atoms with Crippen molar-refractivity contribution < 1.29 is 8.85 Å². The average Bonchev–Trinajstić information content (AvgIpc) is 2.59. The molecule has 3 heteroatoms. The van der Waals surface area contributed by atoms with Crippen molar-refractivity contribution >= 4 is 8.56 Å². The van der Waals surface area contributed by atoms with Gasteiger partial charge in [-0.25, -0.2) is 0 Å². The van der Waals surface area contributed by atoms with Gasteiger partial charge in [-0.1, -0.05) is 59.3 Å². The molecule has 0 fully saturated rings. The maximum atomic E-state index is 6.16. The molecule has 0 atom stereocenters. The Morgan fingerprint density at radius 1 is 0.640 bits per heavy atom. The molecule has 2 aromatic carbocycles. The summed E-state index contributed by atoms with van der Waals surface area (Å²) in [5.41, 5.74) is 8.37. The molecule has 0 amide bonds. The van der Waals surface area contributed by atoms with E-state index in [0.29, 0.717) is 0 Å². The van der Waals surface area contributed by atoms with Crippen LogP contribution in [0.15, 0.2) is 60.7 Å². The van der Waals surface area contributed by atoms with Gasteiger partial charge in [-0.2, -0.15) is 0 Å². The third-order valence-corrected chi connectivity index (χ3v) is 5.61. The molecule has 0 spiro atoms. The summed E-state index contributed by atoms with van der Waals surface area (Å²) in [5, 5.41) is 0. The van der Waals surface area contributed by atoms with E-state index < -0.39 is 8.56 Å². The average molecular weight is 349 g/mol. The summed E-state index contributed by atoms with van der Waals surface area (Å²) in [6.07, 6.45) is -0.0267. The molecule has 0 aromatic heterocycles. The first-order chi connectivity index (χ1) is 12.0. The van der Waals surface area contributed by atoms with Crippen molar-refractivity contribution in [1.29, 1.82) is 0 Å². The van der Waals surface area contributed by atoms with E-state index in [0.717, 1.165) is 11.1 Å². The Morgan fingerprint density at radius 2 is 1.00 bits per heavy atom. The third kappa shape index (κ3) is 6.61. The zero-order valence-electron chi connectivity index (χ0n) is 15.2. The van der Waals surface area contributed by atoms with Crippen molar-refractivity contribution in [1.82, 2.24) is 0 Å². The molecule has 128 valence electrons. The van der Waals surface area contributed by atoms with E-state index in [1.54, 1.807) is 0 Å². The fourth-order valence-electron chi connectivity index (χ4n) is 2.19. The molecule has 0 heterocycles. The van der Waals surface area contributed by atoms with Crippen LogP contribution in [0.4, 0.5) is 0 Å². The Morgan fingerprint density at radius 3 is 1.32 bits per heavy atom. The number of rotatable bonds is 4. The number of benzene rings is 2. The van der Waals surface area contributed by atoms with Crippen molar-refractivity contribution in [3.8, 4) is 22.9 Å². The largest absolute Gasteiger partial charge is 0.511 e. The fraction of sp³-hybridized carbons (Fsp3) is 0.273. The van der Waals surface area contributed by atoms with Crippen LogP contribution in [-0.4, -0.2) is 20.8 Å². The second-order valence-corrected chi connectivity index (χ2v) is 8.39. The van der Waals surface area contributed by atoms with E-state index in [9.17, 15) is 0 Å². The Kier molecular flexibility index (Phi) is 7.04. The van der Waals surface area contributed by atoms with Crippen molar-refractivity contribution in [2.45, 2.75) is 39.9 Å². The van der Waals surface area contributed by atoms with Crippen LogP contribution in [0.1, 0.15) is 38.8 Å². The molecular formula is C22H24O2Si. The molecule has 0 saturated heterocycles. The van der Waals surface area contributed by atoms with Crippen molar-refractivity contribution in [2.24, 2.45) is 0 Å². The smallest absolute Gasteiger partial charge is 0.374 e. The molecule has 0 saturated carbocycles. The van der Waals surface area contributed by atoms with Gasteiger partial charge in [-0.15, -0.1) is 0 Å². The minimum absolute atomic E-state index is 0.0134. The topological polar surface area (TPSA) is 18.5 Å². The van der Waals surface area contributed by atoms with Crippen LogP contribution in [0, 0.1) is 22.9 Å². The van der Waals surface area contributed by atoms with Crippen LogP contribution in [-0.2, 0) is 8.85 Å².